The standard InChI is InChI=1S/C36H38N10O6S6/c47-25(41-43-27(49)19-55-33-37-21-11-5-6-12-22(21)38-33)15-3-1-9-17-45-31(51)29(57-35(45)53)30-32(52)46(36(54)58-30)18-10-2-4-16-26(48)42-44-28(50)20-56-34-39-23-13-7-8-14-24(23)40-34/h5-8,11-14H,1-4,9-10,15-20H2,(H,37,38)(H,39,40)(H,41,47)(H,42,48)(H,43,49)(H,44,50)/b30-29+. The number of fused-ring (bicyclic) bond motifs is 2. The lowest BCUT2D eigenvalue weighted by molar-refractivity contribution is -0.127. The number of nitrogens with zero attached hydrogens (tertiary/aromatic N) is 4. The molecule has 4 heterocycles. The molecule has 22 heteroatoms. The van der Waals surface area contributed by atoms with E-state index in [1.165, 1.54) is 33.3 Å². The van der Waals surface area contributed by atoms with Gasteiger partial charge in [-0.25, -0.2) is 9.97 Å². The van der Waals surface area contributed by atoms with E-state index in [1.807, 2.05) is 48.5 Å². The Kier molecular flexibility index (Phi) is 15.6. The molecule has 0 bridgehead atoms. The number of thioether (sulfide) groups is 4. The number of benzene rings is 2. The first-order valence-electron chi connectivity index (χ1n) is 18.2. The van der Waals surface area contributed by atoms with Gasteiger partial charge in [0.05, 0.1) is 43.4 Å². The van der Waals surface area contributed by atoms with Crippen molar-refractivity contribution in [3.63, 3.8) is 0 Å². The molecule has 0 radical (unpaired) electrons. The lowest BCUT2D eigenvalue weighted by Crippen LogP contribution is -2.42. The quantitative estimate of drug-likeness (QED) is 0.0264. The Balaban J connectivity index is 0.818. The first kappa shape index (κ1) is 43.1. The van der Waals surface area contributed by atoms with Crippen LogP contribution in [-0.2, 0) is 28.8 Å². The van der Waals surface area contributed by atoms with E-state index in [4.69, 9.17) is 24.4 Å². The lowest BCUT2D eigenvalue weighted by atomic mass is 10.2. The molecule has 0 saturated carbocycles. The molecule has 6 amide bonds. The summed E-state index contributed by atoms with van der Waals surface area (Å²) in [6.07, 6.45) is 3.89. The van der Waals surface area contributed by atoms with E-state index in [0.29, 0.717) is 70.6 Å². The second kappa shape index (κ2) is 21.0. The van der Waals surface area contributed by atoms with Gasteiger partial charge < -0.3 is 9.97 Å². The highest BCUT2D eigenvalue weighted by Crippen LogP contribution is 2.42. The van der Waals surface area contributed by atoms with Crippen molar-refractivity contribution in [2.24, 2.45) is 0 Å². The Bertz CT molecular complexity index is 2060. The topological polar surface area (TPSA) is 214 Å². The molecule has 0 atom stereocenters. The Morgan fingerprint density at radius 3 is 1.40 bits per heavy atom. The van der Waals surface area contributed by atoms with Crippen LogP contribution in [0.2, 0.25) is 0 Å². The number of aromatic nitrogens is 4. The van der Waals surface area contributed by atoms with Crippen molar-refractivity contribution in [2.45, 2.75) is 61.7 Å². The summed E-state index contributed by atoms with van der Waals surface area (Å²) in [4.78, 5) is 94.0. The maximum absolute atomic E-state index is 13.3. The number of hydrazine groups is 2. The van der Waals surface area contributed by atoms with E-state index in [0.717, 1.165) is 45.6 Å². The summed E-state index contributed by atoms with van der Waals surface area (Å²) in [5, 5.41) is 1.22. The molecule has 6 rings (SSSR count). The highest BCUT2D eigenvalue weighted by molar-refractivity contribution is 8.29. The minimum absolute atomic E-state index is 0.0763. The van der Waals surface area contributed by atoms with Gasteiger partial charge in [-0.05, 0) is 49.9 Å². The minimum atomic E-state index is -0.363. The van der Waals surface area contributed by atoms with Gasteiger partial charge >= 0.3 is 0 Å². The molecule has 16 nitrogen and oxygen atoms in total. The van der Waals surface area contributed by atoms with Crippen LogP contribution >= 0.6 is 71.5 Å². The maximum atomic E-state index is 13.3. The number of hydrogen-bond donors (Lipinski definition) is 6. The minimum Gasteiger partial charge on any atom is -0.333 e. The van der Waals surface area contributed by atoms with Gasteiger partial charge in [-0.3, -0.25) is 60.3 Å². The van der Waals surface area contributed by atoms with E-state index < -0.39 is 0 Å². The first-order valence-corrected chi connectivity index (χ1v) is 22.6. The van der Waals surface area contributed by atoms with Gasteiger partial charge in [0, 0.05) is 25.9 Å². The van der Waals surface area contributed by atoms with Crippen molar-refractivity contribution >= 4 is 138 Å². The zero-order chi connectivity index (χ0) is 41.0. The number of carbonyl (C=O) groups excluding carboxylic acids is 6. The predicted molar refractivity (Wildman–Crippen MR) is 234 cm³/mol. The second-order valence-corrected chi connectivity index (χ2v) is 18.0. The molecule has 0 aliphatic carbocycles. The van der Waals surface area contributed by atoms with Crippen molar-refractivity contribution in [1.82, 2.24) is 51.4 Å². The monoisotopic (exact) mass is 898 g/mol. The number of carbonyl (C=O) groups is 6. The fraction of sp³-hybridized carbons (Fsp3) is 0.333. The van der Waals surface area contributed by atoms with E-state index in [2.05, 4.69) is 41.6 Å². The van der Waals surface area contributed by atoms with E-state index in [9.17, 15) is 28.8 Å². The van der Waals surface area contributed by atoms with Gasteiger partial charge in [0.25, 0.3) is 11.8 Å². The van der Waals surface area contributed by atoms with Crippen molar-refractivity contribution in [3.8, 4) is 0 Å². The molecular weight excluding hydrogens is 861 g/mol. The molecule has 2 aliphatic heterocycles. The largest absolute Gasteiger partial charge is 0.333 e. The number of para-hydroxylation sites is 4. The number of rotatable bonds is 18. The number of thiocarbonyl (C=S) groups is 2. The molecule has 2 aromatic heterocycles. The Hall–Kier alpha value is -4.48. The van der Waals surface area contributed by atoms with Crippen LogP contribution < -0.4 is 21.7 Å². The lowest BCUT2D eigenvalue weighted by Gasteiger charge is -2.14. The highest BCUT2D eigenvalue weighted by Gasteiger charge is 2.41. The first-order chi connectivity index (χ1) is 28.0. The van der Waals surface area contributed by atoms with Crippen molar-refractivity contribution in [3.05, 3.63) is 58.3 Å². The van der Waals surface area contributed by atoms with Crippen LogP contribution in [-0.4, -0.2) is 98.4 Å². The van der Waals surface area contributed by atoms with Crippen LogP contribution in [0.5, 0.6) is 0 Å². The van der Waals surface area contributed by atoms with Crippen LogP contribution in [0.3, 0.4) is 0 Å². The van der Waals surface area contributed by atoms with Gasteiger partial charge in [-0.15, -0.1) is 0 Å². The van der Waals surface area contributed by atoms with E-state index >= 15 is 0 Å². The van der Waals surface area contributed by atoms with Crippen LogP contribution in [0.25, 0.3) is 22.1 Å². The molecule has 6 N–H and O–H groups in total. The summed E-state index contributed by atoms with van der Waals surface area (Å²) in [5.74, 6) is -1.92. The van der Waals surface area contributed by atoms with Crippen LogP contribution in [0.15, 0.2) is 68.7 Å². The van der Waals surface area contributed by atoms with Crippen LogP contribution in [0.1, 0.15) is 51.4 Å². The van der Waals surface area contributed by atoms with Gasteiger partial charge in [0.1, 0.15) is 8.64 Å². The molecular formula is C36H38N10O6S6. The third-order valence-electron chi connectivity index (χ3n) is 8.57. The van der Waals surface area contributed by atoms with Gasteiger partial charge in [0.2, 0.25) is 23.6 Å². The van der Waals surface area contributed by atoms with Gasteiger partial charge in [-0.1, -0.05) is 109 Å². The third-order valence-corrected chi connectivity index (χ3v) is 13.3. The van der Waals surface area contributed by atoms with Crippen LogP contribution in [0.4, 0.5) is 0 Å². The predicted octanol–water partition coefficient (Wildman–Crippen LogP) is 4.67. The average Bonchev–Trinajstić information content (AvgIpc) is 3.97. The summed E-state index contributed by atoms with van der Waals surface area (Å²) in [6.45, 7) is 0.676. The van der Waals surface area contributed by atoms with E-state index in [1.54, 1.807) is 0 Å². The zero-order valence-corrected chi connectivity index (χ0v) is 35.7. The number of H-pyrrole nitrogens is 2. The Labute approximate surface area is 360 Å². The zero-order valence-electron chi connectivity index (χ0n) is 30.8. The fourth-order valence-electron chi connectivity index (χ4n) is 5.66. The third kappa shape index (κ3) is 11.8. The number of aromatic amines is 2. The summed E-state index contributed by atoms with van der Waals surface area (Å²) < 4.78 is 0.705. The number of nitrogens with one attached hydrogen (secondary N) is 6. The van der Waals surface area contributed by atoms with Crippen LogP contribution in [0, 0.1) is 0 Å². The van der Waals surface area contributed by atoms with Crippen molar-refractivity contribution in [2.75, 3.05) is 24.6 Å². The number of amides is 6. The van der Waals surface area contributed by atoms with E-state index in [-0.39, 0.29) is 69.6 Å². The van der Waals surface area contributed by atoms with Crippen molar-refractivity contribution in [1.29, 1.82) is 0 Å². The summed E-state index contributed by atoms with van der Waals surface area (Å²) >= 11 is 15.6. The Morgan fingerprint density at radius 1 is 0.586 bits per heavy atom. The van der Waals surface area contributed by atoms with Gasteiger partial charge in [-0.2, -0.15) is 0 Å². The van der Waals surface area contributed by atoms with Gasteiger partial charge in [0.15, 0.2) is 10.3 Å². The number of unbranched alkanes of at least 4 members (excludes halogenated alkanes) is 4. The molecule has 0 unspecified atom stereocenters. The molecule has 4 aromatic rings. The molecule has 2 fully saturated rings. The molecule has 0 spiro atoms. The maximum Gasteiger partial charge on any atom is 0.267 e. The number of imidazole rings is 2. The normalized spacial score (nSPS) is 15.5. The molecule has 2 aromatic carbocycles. The second-order valence-electron chi connectivity index (χ2n) is 12.8. The molecule has 58 heavy (non-hydrogen) atoms. The highest BCUT2D eigenvalue weighted by atomic mass is 32.2. The molecule has 2 aliphatic rings. The number of hydrogen-bond acceptors (Lipinski definition) is 14. The SMILES string of the molecule is O=C(CCCCCN1C(=O)/C(=C2\SC(=S)N(CCCCCC(=O)NNC(=O)CSc3nc4ccccc4[nH]3)C2=O)SC1=S)NNC(=O)CSc1nc2ccccc2[nH]1. The Morgan fingerprint density at radius 2 is 0.983 bits per heavy atom. The average molecular weight is 899 g/mol. The summed E-state index contributed by atoms with van der Waals surface area (Å²) in [7, 11) is 0. The fourth-order valence-corrected chi connectivity index (χ4v) is 9.80. The summed E-state index contributed by atoms with van der Waals surface area (Å²) in [5.41, 5.74) is 13.0. The smallest absolute Gasteiger partial charge is 0.267 e. The van der Waals surface area contributed by atoms with Crippen molar-refractivity contribution < 1.29 is 28.8 Å². The summed E-state index contributed by atoms with van der Waals surface area (Å²) in [6, 6.07) is 15.1. The molecule has 304 valence electrons. The molecule has 2 saturated heterocycles.